The van der Waals surface area contributed by atoms with Crippen molar-refractivity contribution in [3.63, 3.8) is 0 Å². The summed E-state index contributed by atoms with van der Waals surface area (Å²) in [6, 6.07) is 0. The van der Waals surface area contributed by atoms with Crippen LogP contribution in [0.15, 0.2) is 16.0 Å². The molecule has 1 atom stereocenters. The predicted molar refractivity (Wildman–Crippen MR) is 44.9 cm³/mol. The molecule has 0 aromatic heterocycles. The van der Waals surface area contributed by atoms with Crippen LogP contribution in [0, 0.1) is 0 Å². The molecule has 1 heterocycles. The normalized spacial score (nSPS) is 31.1. The average Bonchev–Trinajstić information content (AvgIpc) is 2.27. The zero-order chi connectivity index (χ0) is 6.97. The van der Waals surface area contributed by atoms with Gasteiger partial charge in [-0.3, -0.25) is 4.99 Å². The van der Waals surface area contributed by atoms with E-state index in [2.05, 4.69) is 11.1 Å². The summed E-state index contributed by atoms with van der Waals surface area (Å²) in [5.41, 5.74) is 6.85. The Labute approximate surface area is 64.6 Å². The standard InChI is InChI=1S/C7H10N2S/c8-7-9-5-3-1-2-4-6(5)10-7/h4,7H,1-3,8H2. The maximum atomic E-state index is 5.63. The second-order valence-electron chi connectivity index (χ2n) is 2.54. The molecule has 2 nitrogen and oxygen atoms in total. The molecule has 1 aliphatic heterocycles. The third-order valence-corrected chi connectivity index (χ3v) is 2.77. The lowest BCUT2D eigenvalue weighted by Gasteiger charge is -2.06. The van der Waals surface area contributed by atoms with Crippen LogP contribution in [0.25, 0.3) is 0 Å². The minimum atomic E-state index is -0.0145. The Kier molecular flexibility index (Phi) is 1.54. The van der Waals surface area contributed by atoms with Gasteiger partial charge in [0.15, 0.2) is 0 Å². The number of fused-ring (bicyclic) bond motifs is 1. The van der Waals surface area contributed by atoms with Crippen molar-refractivity contribution in [3.8, 4) is 0 Å². The molecule has 2 N–H and O–H groups in total. The fourth-order valence-corrected chi connectivity index (χ4v) is 2.24. The molecular weight excluding hydrogens is 144 g/mol. The number of hydrogen-bond donors (Lipinski definition) is 1. The number of thioether (sulfide) groups is 1. The molecule has 0 spiro atoms. The van der Waals surface area contributed by atoms with E-state index in [1.165, 1.54) is 23.5 Å². The van der Waals surface area contributed by atoms with Crippen LogP contribution in [-0.4, -0.2) is 11.2 Å². The molecule has 0 aromatic rings. The Hall–Kier alpha value is -0.280. The summed E-state index contributed by atoms with van der Waals surface area (Å²) >= 11 is 1.68. The van der Waals surface area contributed by atoms with Gasteiger partial charge in [-0.15, -0.1) is 0 Å². The maximum absolute atomic E-state index is 5.63. The van der Waals surface area contributed by atoms with Crippen LogP contribution in [0.4, 0.5) is 0 Å². The highest BCUT2D eigenvalue weighted by Crippen LogP contribution is 2.33. The van der Waals surface area contributed by atoms with E-state index in [0.717, 1.165) is 6.42 Å². The van der Waals surface area contributed by atoms with E-state index >= 15 is 0 Å². The Morgan fingerprint density at radius 3 is 3.40 bits per heavy atom. The van der Waals surface area contributed by atoms with E-state index in [4.69, 9.17) is 5.73 Å². The summed E-state index contributed by atoms with van der Waals surface area (Å²) in [6.07, 6.45) is 5.83. The molecular formula is C7H10N2S. The van der Waals surface area contributed by atoms with Crippen LogP contribution in [0.2, 0.25) is 0 Å². The minimum Gasteiger partial charge on any atom is -0.301 e. The Balaban J connectivity index is 2.27. The van der Waals surface area contributed by atoms with E-state index in [1.807, 2.05) is 0 Å². The third kappa shape index (κ3) is 0.995. The molecule has 54 valence electrons. The smallest absolute Gasteiger partial charge is 0.149 e. The molecule has 10 heavy (non-hydrogen) atoms. The first-order valence-corrected chi connectivity index (χ1v) is 4.44. The van der Waals surface area contributed by atoms with E-state index in [0.29, 0.717) is 0 Å². The van der Waals surface area contributed by atoms with Crippen molar-refractivity contribution < 1.29 is 0 Å². The summed E-state index contributed by atoms with van der Waals surface area (Å²) in [5.74, 6) is 0. The summed E-state index contributed by atoms with van der Waals surface area (Å²) in [7, 11) is 0. The highest BCUT2D eigenvalue weighted by atomic mass is 32.2. The van der Waals surface area contributed by atoms with Gasteiger partial charge >= 0.3 is 0 Å². The molecule has 0 bridgehead atoms. The summed E-state index contributed by atoms with van der Waals surface area (Å²) in [5, 5.41) is 0. The van der Waals surface area contributed by atoms with E-state index in [1.54, 1.807) is 11.8 Å². The number of allylic oxidation sites excluding steroid dienone is 2. The Morgan fingerprint density at radius 1 is 1.70 bits per heavy atom. The molecule has 2 rings (SSSR count). The Bertz CT molecular complexity index is 208. The van der Waals surface area contributed by atoms with Crippen LogP contribution in [0.5, 0.6) is 0 Å². The van der Waals surface area contributed by atoms with E-state index in [9.17, 15) is 0 Å². The van der Waals surface area contributed by atoms with Crippen molar-refractivity contribution in [1.82, 2.24) is 0 Å². The maximum Gasteiger partial charge on any atom is 0.149 e. The van der Waals surface area contributed by atoms with E-state index < -0.39 is 0 Å². The van der Waals surface area contributed by atoms with Crippen molar-refractivity contribution in [2.45, 2.75) is 24.8 Å². The first kappa shape index (κ1) is 6.43. The zero-order valence-corrected chi connectivity index (χ0v) is 6.53. The molecule has 0 aromatic carbocycles. The fraction of sp³-hybridized carbons (Fsp3) is 0.571. The monoisotopic (exact) mass is 154 g/mol. The van der Waals surface area contributed by atoms with Crippen molar-refractivity contribution in [2.75, 3.05) is 0 Å². The lowest BCUT2D eigenvalue weighted by atomic mass is 10.1. The largest absolute Gasteiger partial charge is 0.301 e. The topological polar surface area (TPSA) is 38.4 Å². The number of nitrogens with two attached hydrogens (primary N) is 1. The van der Waals surface area contributed by atoms with Crippen molar-refractivity contribution in [2.24, 2.45) is 10.7 Å². The lowest BCUT2D eigenvalue weighted by molar-refractivity contribution is 0.870. The van der Waals surface area contributed by atoms with Gasteiger partial charge in [0.2, 0.25) is 0 Å². The van der Waals surface area contributed by atoms with Crippen LogP contribution in [0.1, 0.15) is 19.3 Å². The third-order valence-electron chi connectivity index (χ3n) is 1.76. The van der Waals surface area contributed by atoms with Gasteiger partial charge in [-0.05, 0) is 19.3 Å². The highest BCUT2D eigenvalue weighted by Gasteiger charge is 2.21. The zero-order valence-electron chi connectivity index (χ0n) is 5.71. The first-order chi connectivity index (χ1) is 4.86. The minimum absolute atomic E-state index is 0.0145. The molecule has 0 saturated heterocycles. The van der Waals surface area contributed by atoms with Crippen molar-refractivity contribution >= 4 is 17.5 Å². The highest BCUT2D eigenvalue weighted by molar-refractivity contribution is 8.04. The van der Waals surface area contributed by atoms with Crippen molar-refractivity contribution in [3.05, 3.63) is 11.0 Å². The predicted octanol–water partition coefficient (Wildman–Crippen LogP) is 1.48. The van der Waals surface area contributed by atoms with Gasteiger partial charge in [0.05, 0.1) is 5.71 Å². The van der Waals surface area contributed by atoms with Gasteiger partial charge in [0.1, 0.15) is 5.50 Å². The first-order valence-electron chi connectivity index (χ1n) is 3.56. The van der Waals surface area contributed by atoms with Gasteiger partial charge in [-0.1, -0.05) is 17.8 Å². The number of aliphatic imine (C=N–C) groups is 1. The summed E-state index contributed by atoms with van der Waals surface area (Å²) < 4.78 is 0. The molecule has 1 unspecified atom stereocenters. The van der Waals surface area contributed by atoms with Gasteiger partial charge in [0.25, 0.3) is 0 Å². The van der Waals surface area contributed by atoms with Crippen LogP contribution in [0.3, 0.4) is 0 Å². The molecule has 3 heteroatoms. The second kappa shape index (κ2) is 2.40. The number of hydrogen-bond acceptors (Lipinski definition) is 3. The van der Waals surface area contributed by atoms with Crippen LogP contribution < -0.4 is 5.73 Å². The molecule has 2 aliphatic rings. The van der Waals surface area contributed by atoms with E-state index in [-0.39, 0.29) is 5.50 Å². The van der Waals surface area contributed by atoms with Gasteiger partial charge in [0, 0.05) is 4.91 Å². The SMILES string of the molecule is NC1N=C2CCCC=C2S1. The second-order valence-corrected chi connectivity index (χ2v) is 3.70. The molecule has 0 radical (unpaired) electrons. The Morgan fingerprint density at radius 2 is 2.60 bits per heavy atom. The summed E-state index contributed by atoms with van der Waals surface area (Å²) in [4.78, 5) is 5.63. The van der Waals surface area contributed by atoms with Gasteiger partial charge in [-0.2, -0.15) is 0 Å². The van der Waals surface area contributed by atoms with Gasteiger partial charge < -0.3 is 5.73 Å². The quantitative estimate of drug-likeness (QED) is 0.574. The number of rotatable bonds is 0. The molecule has 0 fully saturated rings. The van der Waals surface area contributed by atoms with Crippen LogP contribution in [-0.2, 0) is 0 Å². The lowest BCUT2D eigenvalue weighted by Crippen LogP contribution is -2.07. The summed E-state index contributed by atoms with van der Waals surface area (Å²) in [6.45, 7) is 0. The molecule has 0 amide bonds. The van der Waals surface area contributed by atoms with Gasteiger partial charge in [-0.25, -0.2) is 0 Å². The van der Waals surface area contributed by atoms with Crippen molar-refractivity contribution in [1.29, 1.82) is 0 Å². The average molecular weight is 154 g/mol. The molecule has 0 saturated carbocycles. The number of nitrogens with zero attached hydrogens (tertiary/aromatic N) is 1. The fourth-order valence-electron chi connectivity index (χ4n) is 1.30. The van der Waals surface area contributed by atoms with Crippen LogP contribution >= 0.6 is 11.8 Å². The molecule has 1 aliphatic carbocycles.